The normalized spacial score (nSPS) is 12.3. The second-order valence-electron chi connectivity index (χ2n) is 6.84. The molecule has 0 radical (unpaired) electrons. The van der Waals surface area contributed by atoms with Gasteiger partial charge in [0, 0.05) is 6.54 Å². The molecule has 6 nitrogen and oxygen atoms in total. The number of sulfonamides is 1. The van der Waals surface area contributed by atoms with Crippen LogP contribution in [0.3, 0.4) is 0 Å². The van der Waals surface area contributed by atoms with Crippen LogP contribution in [-0.2, 0) is 21.4 Å². The summed E-state index contributed by atoms with van der Waals surface area (Å²) in [5.41, 5.74) is 3.18. The summed E-state index contributed by atoms with van der Waals surface area (Å²) in [6.07, 6.45) is 1.49. The van der Waals surface area contributed by atoms with Crippen LogP contribution in [0.15, 0.2) is 42.5 Å². The predicted octanol–water partition coefficient (Wildman–Crippen LogP) is 3.17. The molecule has 7 heteroatoms. The summed E-state index contributed by atoms with van der Waals surface area (Å²) >= 11 is 0. The molecule has 0 bridgehead atoms. The van der Waals surface area contributed by atoms with Gasteiger partial charge in [-0.2, -0.15) is 0 Å². The SMILES string of the molecule is CCC(C(=O)NCc1ccc(OC)cc1)N(c1cc(C)ccc1C)S(C)(=O)=O. The second kappa shape index (κ2) is 9.10. The van der Waals surface area contributed by atoms with E-state index in [0.717, 1.165) is 28.7 Å². The number of hydrogen-bond acceptors (Lipinski definition) is 4. The van der Waals surface area contributed by atoms with E-state index < -0.39 is 16.1 Å². The van der Waals surface area contributed by atoms with Gasteiger partial charge in [0.2, 0.25) is 15.9 Å². The molecule has 0 aliphatic rings. The van der Waals surface area contributed by atoms with E-state index in [2.05, 4.69) is 5.32 Å². The Labute approximate surface area is 167 Å². The lowest BCUT2D eigenvalue weighted by atomic mass is 10.1. The third-order valence-corrected chi connectivity index (χ3v) is 5.72. The summed E-state index contributed by atoms with van der Waals surface area (Å²) in [6.45, 7) is 5.85. The van der Waals surface area contributed by atoms with E-state index in [1.807, 2.05) is 50.2 Å². The Morgan fingerprint density at radius 2 is 1.79 bits per heavy atom. The number of carbonyl (C=O) groups excluding carboxylic acids is 1. The fourth-order valence-corrected chi connectivity index (χ4v) is 4.30. The van der Waals surface area contributed by atoms with Crippen LogP contribution < -0.4 is 14.4 Å². The average molecular weight is 405 g/mol. The summed E-state index contributed by atoms with van der Waals surface area (Å²) in [5, 5.41) is 2.86. The van der Waals surface area contributed by atoms with Crippen LogP contribution in [0, 0.1) is 13.8 Å². The molecule has 1 atom stereocenters. The van der Waals surface area contributed by atoms with E-state index in [0.29, 0.717) is 18.7 Å². The van der Waals surface area contributed by atoms with Crippen molar-refractivity contribution in [2.45, 2.75) is 39.8 Å². The van der Waals surface area contributed by atoms with Crippen molar-refractivity contribution < 1.29 is 17.9 Å². The predicted molar refractivity (Wildman–Crippen MR) is 112 cm³/mol. The maximum Gasteiger partial charge on any atom is 0.244 e. The lowest BCUT2D eigenvalue weighted by Gasteiger charge is -2.31. The summed E-state index contributed by atoms with van der Waals surface area (Å²) < 4.78 is 31.5. The highest BCUT2D eigenvalue weighted by Gasteiger charge is 2.32. The Morgan fingerprint density at radius 1 is 1.14 bits per heavy atom. The van der Waals surface area contributed by atoms with Crippen molar-refractivity contribution in [3.63, 3.8) is 0 Å². The lowest BCUT2D eigenvalue weighted by Crippen LogP contribution is -2.49. The first kappa shape index (κ1) is 21.8. The average Bonchev–Trinajstić information content (AvgIpc) is 2.65. The molecule has 152 valence electrons. The fourth-order valence-electron chi connectivity index (χ4n) is 3.04. The zero-order valence-electron chi connectivity index (χ0n) is 17.0. The first-order chi connectivity index (χ1) is 13.2. The minimum Gasteiger partial charge on any atom is -0.497 e. The van der Waals surface area contributed by atoms with Gasteiger partial charge in [-0.05, 0) is 55.2 Å². The smallest absolute Gasteiger partial charge is 0.244 e. The molecule has 1 unspecified atom stereocenters. The van der Waals surface area contributed by atoms with Crippen molar-refractivity contribution in [3.8, 4) is 5.75 Å². The number of hydrogen-bond donors (Lipinski definition) is 1. The Hall–Kier alpha value is -2.54. The largest absolute Gasteiger partial charge is 0.497 e. The monoisotopic (exact) mass is 404 g/mol. The molecule has 2 rings (SSSR count). The van der Waals surface area contributed by atoms with Crippen LogP contribution in [0.4, 0.5) is 5.69 Å². The van der Waals surface area contributed by atoms with Crippen molar-refractivity contribution >= 4 is 21.6 Å². The first-order valence-electron chi connectivity index (χ1n) is 9.14. The summed E-state index contributed by atoms with van der Waals surface area (Å²) in [4.78, 5) is 12.9. The molecule has 0 aliphatic carbocycles. The van der Waals surface area contributed by atoms with Gasteiger partial charge in [0.15, 0.2) is 0 Å². The third kappa shape index (κ3) is 5.25. The molecule has 2 aromatic carbocycles. The minimum atomic E-state index is -3.65. The van der Waals surface area contributed by atoms with Gasteiger partial charge in [-0.15, -0.1) is 0 Å². The van der Waals surface area contributed by atoms with E-state index in [1.54, 1.807) is 20.1 Å². The highest BCUT2D eigenvalue weighted by molar-refractivity contribution is 7.92. The van der Waals surface area contributed by atoms with Crippen LogP contribution in [-0.4, -0.2) is 33.7 Å². The third-order valence-electron chi connectivity index (χ3n) is 4.56. The molecule has 0 spiro atoms. The molecular weight excluding hydrogens is 376 g/mol. The number of methoxy groups -OCH3 is 1. The van der Waals surface area contributed by atoms with Crippen molar-refractivity contribution in [1.82, 2.24) is 5.32 Å². The maximum atomic E-state index is 12.9. The molecule has 0 fully saturated rings. The molecule has 0 aromatic heterocycles. The van der Waals surface area contributed by atoms with Crippen molar-refractivity contribution in [3.05, 3.63) is 59.2 Å². The van der Waals surface area contributed by atoms with E-state index in [1.165, 1.54) is 4.31 Å². The maximum absolute atomic E-state index is 12.9. The molecule has 1 amide bonds. The van der Waals surface area contributed by atoms with Gasteiger partial charge in [0.25, 0.3) is 0 Å². The van der Waals surface area contributed by atoms with Gasteiger partial charge in [0.1, 0.15) is 11.8 Å². The molecule has 0 aliphatic heterocycles. The highest BCUT2D eigenvalue weighted by Crippen LogP contribution is 2.27. The molecule has 0 heterocycles. The quantitative estimate of drug-likeness (QED) is 0.733. The van der Waals surface area contributed by atoms with Gasteiger partial charge in [-0.3, -0.25) is 9.10 Å². The molecular formula is C21H28N2O4S. The zero-order chi connectivity index (χ0) is 20.9. The summed E-state index contributed by atoms with van der Waals surface area (Å²) in [7, 11) is -2.06. The van der Waals surface area contributed by atoms with E-state index in [4.69, 9.17) is 4.74 Å². The van der Waals surface area contributed by atoms with Crippen molar-refractivity contribution in [2.75, 3.05) is 17.7 Å². The van der Waals surface area contributed by atoms with Crippen LogP contribution in [0.2, 0.25) is 0 Å². The number of anilines is 1. The highest BCUT2D eigenvalue weighted by atomic mass is 32.2. The minimum absolute atomic E-state index is 0.309. The van der Waals surface area contributed by atoms with Gasteiger partial charge in [-0.1, -0.05) is 31.2 Å². The first-order valence-corrected chi connectivity index (χ1v) is 11.0. The van der Waals surface area contributed by atoms with Crippen molar-refractivity contribution in [1.29, 1.82) is 0 Å². The number of amides is 1. The Morgan fingerprint density at radius 3 is 2.32 bits per heavy atom. The molecule has 0 saturated heterocycles. The number of nitrogens with one attached hydrogen (secondary N) is 1. The van der Waals surface area contributed by atoms with Crippen LogP contribution in [0.1, 0.15) is 30.0 Å². The number of aryl methyl sites for hydroxylation is 2. The molecule has 28 heavy (non-hydrogen) atoms. The molecule has 2 aromatic rings. The summed E-state index contributed by atoms with van der Waals surface area (Å²) in [6, 6.07) is 12.1. The van der Waals surface area contributed by atoms with E-state index >= 15 is 0 Å². The zero-order valence-corrected chi connectivity index (χ0v) is 17.8. The molecule has 0 saturated carbocycles. The second-order valence-corrected chi connectivity index (χ2v) is 8.70. The topological polar surface area (TPSA) is 75.7 Å². The number of rotatable bonds is 8. The van der Waals surface area contributed by atoms with E-state index in [9.17, 15) is 13.2 Å². The van der Waals surface area contributed by atoms with Gasteiger partial charge in [-0.25, -0.2) is 8.42 Å². The van der Waals surface area contributed by atoms with Gasteiger partial charge >= 0.3 is 0 Å². The fraction of sp³-hybridized carbons (Fsp3) is 0.381. The van der Waals surface area contributed by atoms with Crippen LogP contribution >= 0.6 is 0 Å². The Bertz CT molecular complexity index is 924. The lowest BCUT2D eigenvalue weighted by molar-refractivity contribution is -0.122. The van der Waals surface area contributed by atoms with Crippen LogP contribution in [0.5, 0.6) is 5.75 Å². The number of carbonyl (C=O) groups is 1. The van der Waals surface area contributed by atoms with Gasteiger partial charge in [0.05, 0.1) is 19.1 Å². The number of ether oxygens (including phenoxy) is 1. The number of nitrogens with zero attached hydrogens (tertiary/aromatic N) is 1. The molecule has 1 N–H and O–H groups in total. The van der Waals surface area contributed by atoms with Crippen LogP contribution in [0.25, 0.3) is 0 Å². The van der Waals surface area contributed by atoms with Gasteiger partial charge < -0.3 is 10.1 Å². The number of benzene rings is 2. The Balaban J connectivity index is 2.27. The standard InChI is InChI=1S/C21H28N2O4S/c1-6-19(21(24)22-14-17-9-11-18(27-4)12-10-17)23(28(5,25)26)20-13-15(2)7-8-16(20)3/h7-13,19H,6,14H2,1-5H3,(H,22,24). The van der Waals surface area contributed by atoms with E-state index in [-0.39, 0.29) is 5.91 Å². The Kier molecular flexibility index (Phi) is 7.07. The van der Waals surface area contributed by atoms with Crippen molar-refractivity contribution in [2.24, 2.45) is 0 Å². The summed E-state index contributed by atoms with van der Waals surface area (Å²) in [5.74, 6) is 0.407.